The van der Waals surface area contributed by atoms with E-state index in [1.54, 1.807) is 54.9 Å². The van der Waals surface area contributed by atoms with Gasteiger partial charge in [0.05, 0.1) is 10.9 Å². The number of rotatable bonds is 6. The molecule has 29 heavy (non-hydrogen) atoms. The van der Waals surface area contributed by atoms with Crippen LogP contribution in [-0.4, -0.2) is 19.3 Å². The van der Waals surface area contributed by atoms with Crippen LogP contribution < -0.4 is 10.0 Å². The molecule has 150 valence electrons. The lowest BCUT2D eigenvalue weighted by Crippen LogP contribution is -2.26. The van der Waals surface area contributed by atoms with E-state index in [2.05, 4.69) is 15.0 Å². The zero-order valence-electron chi connectivity index (χ0n) is 16.5. The Kier molecular flexibility index (Phi) is 5.98. The van der Waals surface area contributed by atoms with Gasteiger partial charge in [-0.2, -0.15) is 0 Å². The minimum Gasteiger partial charge on any atom is -0.346 e. The van der Waals surface area contributed by atoms with Crippen molar-refractivity contribution < 1.29 is 13.2 Å². The summed E-state index contributed by atoms with van der Waals surface area (Å²) >= 11 is 0. The van der Waals surface area contributed by atoms with Gasteiger partial charge in [0.15, 0.2) is 0 Å². The second-order valence-corrected chi connectivity index (χ2v) is 8.59. The smallest absolute Gasteiger partial charge is 0.261 e. The molecule has 3 aromatic rings. The van der Waals surface area contributed by atoms with Gasteiger partial charge in [0.2, 0.25) is 0 Å². The lowest BCUT2D eigenvalue weighted by Gasteiger charge is -2.14. The van der Waals surface area contributed by atoms with Crippen molar-refractivity contribution in [2.75, 3.05) is 4.72 Å². The number of pyridine rings is 1. The molecule has 7 heteroatoms. The predicted octanol–water partition coefficient (Wildman–Crippen LogP) is 3.99. The molecule has 2 aromatic carbocycles. The fraction of sp³-hybridized carbons (Fsp3) is 0.182. The van der Waals surface area contributed by atoms with E-state index in [1.165, 1.54) is 0 Å². The van der Waals surface area contributed by atoms with Crippen LogP contribution in [0.1, 0.15) is 40.0 Å². The molecule has 0 saturated carbocycles. The van der Waals surface area contributed by atoms with Gasteiger partial charge in [-0.15, -0.1) is 0 Å². The average molecular weight is 410 g/mol. The third kappa shape index (κ3) is 5.00. The Bertz CT molecular complexity index is 1110. The van der Waals surface area contributed by atoms with E-state index in [4.69, 9.17) is 0 Å². The Balaban J connectivity index is 1.69. The molecular formula is C22H23N3O3S. The highest BCUT2D eigenvalue weighted by Gasteiger charge is 2.16. The molecule has 1 heterocycles. The molecule has 0 fully saturated rings. The van der Waals surface area contributed by atoms with Gasteiger partial charge in [-0.3, -0.25) is 14.5 Å². The zero-order valence-corrected chi connectivity index (χ0v) is 17.3. The summed E-state index contributed by atoms with van der Waals surface area (Å²) in [4.78, 5) is 16.6. The van der Waals surface area contributed by atoms with Crippen molar-refractivity contribution in [3.63, 3.8) is 0 Å². The van der Waals surface area contributed by atoms with E-state index in [1.807, 2.05) is 32.9 Å². The van der Waals surface area contributed by atoms with Gasteiger partial charge in [0.25, 0.3) is 15.9 Å². The third-order valence-electron chi connectivity index (χ3n) is 4.74. The number of amides is 1. The number of sulfonamides is 1. The molecule has 1 unspecified atom stereocenters. The first-order valence-corrected chi connectivity index (χ1v) is 10.7. The van der Waals surface area contributed by atoms with Crippen LogP contribution in [0.2, 0.25) is 0 Å². The summed E-state index contributed by atoms with van der Waals surface area (Å²) in [5, 5.41) is 2.91. The van der Waals surface area contributed by atoms with Crippen LogP contribution in [0.5, 0.6) is 0 Å². The number of aryl methyl sites for hydroxylation is 2. The predicted molar refractivity (Wildman–Crippen MR) is 113 cm³/mol. The van der Waals surface area contributed by atoms with Crippen molar-refractivity contribution in [1.29, 1.82) is 0 Å². The lowest BCUT2D eigenvalue weighted by molar-refractivity contribution is 0.0940. The first-order chi connectivity index (χ1) is 13.8. The van der Waals surface area contributed by atoms with Gasteiger partial charge >= 0.3 is 0 Å². The van der Waals surface area contributed by atoms with Crippen molar-refractivity contribution in [1.82, 2.24) is 10.3 Å². The summed E-state index contributed by atoms with van der Waals surface area (Å²) in [6.45, 7) is 5.69. The van der Waals surface area contributed by atoms with Crippen molar-refractivity contribution in [2.24, 2.45) is 0 Å². The monoisotopic (exact) mass is 409 g/mol. The van der Waals surface area contributed by atoms with E-state index in [9.17, 15) is 13.2 Å². The number of nitrogens with zero attached hydrogens (tertiary/aromatic N) is 1. The van der Waals surface area contributed by atoms with E-state index in [0.29, 0.717) is 11.3 Å². The average Bonchev–Trinajstić information content (AvgIpc) is 2.70. The number of nitrogens with one attached hydrogen (secondary N) is 2. The molecule has 0 aliphatic rings. The minimum atomic E-state index is -3.70. The Hall–Kier alpha value is -3.19. The van der Waals surface area contributed by atoms with Gasteiger partial charge in [-0.05, 0) is 86.0 Å². The molecule has 0 aliphatic heterocycles. The summed E-state index contributed by atoms with van der Waals surface area (Å²) in [7, 11) is -3.70. The fourth-order valence-corrected chi connectivity index (χ4v) is 3.94. The van der Waals surface area contributed by atoms with Crippen LogP contribution in [0, 0.1) is 13.8 Å². The topological polar surface area (TPSA) is 88.2 Å². The summed E-state index contributed by atoms with van der Waals surface area (Å²) < 4.78 is 27.7. The van der Waals surface area contributed by atoms with Gasteiger partial charge in [0, 0.05) is 23.6 Å². The highest BCUT2D eigenvalue weighted by Crippen LogP contribution is 2.20. The largest absolute Gasteiger partial charge is 0.346 e. The lowest BCUT2D eigenvalue weighted by atomic mass is 10.1. The van der Waals surface area contributed by atoms with Crippen LogP contribution in [0.15, 0.2) is 71.9 Å². The Morgan fingerprint density at radius 1 is 0.931 bits per heavy atom. The number of hydrogen-bond donors (Lipinski definition) is 2. The Morgan fingerprint density at radius 2 is 1.59 bits per heavy atom. The number of hydrogen-bond acceptors (Lipinski definition) is 4. The van der Waals surface area contributed by atoms with Gasteiger partial charge in [-0.1, -0.05) is 6.07 Å². The van der Waals surface area contributed by atoms with E-state index >= 15 is 0 Å². The molecule has 0 aliphatic carbocycles. The fourth-order valence-electron chi connectivity index (χ4n) is 2.80. The summed E-state index contributed by atoms with van der Waals surface area (Å²) in [5.41, 5.74) is 3.72. The maximum absolute atomic E-state index is 12.6. The third-order valence-corrected chi connectivity index (χ3v) is 6.12. The van der Waals surface area contributed by atoms with Crippen molar-refractivity contribution in [2.45, 2.75) is 31.7 Å². The first kappa shape index (κ1) is 20.5. The molecule has 0 radical (unpaired) electrons. The number of carbonyl (C=O) groups is 1. The number of anilines is 1. The Labute approximate surface area is 171 Å². The SMILES string of the molecule is Cc1ccc(S(=O)(=O)Nc2ccc(C(=O)NC(C)c3ccncc3)cc2)cc1C. The number of benzene rings is 2. The standard InChI is InChI=1S/C22H23N3O3S/c1-15-4-9-21(14-16(15)2)29(27,28)25-20-7-5-19(6-8-20)22(26)24-17(3)18-10-12-23-13-11-18/h4-14,17,25H,1-3H3,(H,24,26). The quantitative estimate of drug-likeness (QED) is 0.644. The summed E-state index contributed by atoms with van der Waals surface area (Å²) in [6, 6.07) is 14.8. The molecule has 0 bridgehead atoms. The maximum atomic E-state index is 12.6. The summed E-state index contributed by atoms with van der Waals surface area (Å²) in [5.74, 6) is -0.238. The van der Waals surface area contributed by atoms with Crippen molar-refractivity contribution >= 4 is 21.6 Å². The van der Waals surface area contributed by atoms with E-state index in [-0.39, 0.29) is 16.8 Å². The molecule has 3 rings (SSSR count). The minimum absolute atomic E-state index is 0.173. The normalized spacial score (nSPS) is 12.2. The molecule has 6 nitrogen and oxygen atoms in total. The second kappa shape index (κ2) is 8.45. The molecule has 2 N–H and O–H groups in total. The number of carbonyl (C=O) groups excluding carboxylic acids is 1. The van der Waals surface area contributed by atoms with Gasteiger partial charge in [-0.25, -0.2) is 8.42 Å². The zero-order chi connectivity index (χ0) is 21.0. The van der Waals surface area contributed by atoms with Gasteiger partial charge in [0.1, 0.15) is 0 Å². The molecule has 0 spiro atoms. The van der Waals surface area contributed by atoms with Crippen molar-refractivity contribution in [3.05, 3.63) is 89.2 Å². The number of aromatic nitrogens is 1. The van der Waals surface area contributed by atoms with Crippen LogP contribution in [0.4, 0.5) is 5.69 Å². The van der Waals surface area contributed by atoms with Crippen LogP contribution >= 0.6 is 0 Å². The highest BCUT2D eigenvalue weighted by molar-refractivity contribution is 7.92. The van der Waals surface area contributed by atoms with Crippen molar-refractivity contribution in [3.8, 4) is 0 Å². The molecular weight excluding hydrogens is 386 g/mol. The van der Waals surface area contributed by atoms with Crippen LogP contribution in [0.25, 0.3) is 0 Å². The second-order valence-electron chi connectivity index (χ2n) is 6.90. The molecule has 1 atom stereocenters. The molecule has 1 amide bonds. The molecule has 1 aromatic heterocycles. The van der Waals surface area contributed by atoms with E-state index < -0.39 is 10.0 Å². The highest BCUT2D eigenvalue weighted by atomic mass is 32.2. The summed E-state index contributed by atoms with van der Waals surface area (Å²) in [6.07, 6.45) is 3.35. The van der Waals surface area contributed by atoms with Crippen LogP contribution in [-0.2, 0) is 10.0 Å². The van der Waals surface area contributed by atoms with Crippen LogP contribution in [0.3, 0.4) is 0 Å². The van der Waals surface area contributed by atoms with Gasteiger partial charge < -0.3 is 5.32 Å². The molecule has 0 saturated heterocycles. The Morgan fingerprint density at radius 3 is 2.21 bits per heavy atom. The first-order valence-electron chi connectivity index (χ1n) is 9.17. The van der Waals surface area contributed by atoms with E-state index in [0.717, 1.165) is 16.7 Å². The maximum Gasteiger partial charge on any atom is 0.261 e.